The van der Waals surface area contributed by atoms with E-state index in [9.17, 15) is 0 Å². The molecule has 0 spiro atoms. The van der Waals surface area contributed by atoms with Crippen molar-refractivity contribution in [2.24, 2.45) is 0 Å². The van der Waals surface area contributed by atoms with Crippen molar-refractivity contribution >= 4 is 11.5 Å². The molecule has 0 aliphatic rings. The lowest BCUT2D eigenvalue weighted by molar-refractivity contribution is 0.570. The SMILES string of the molecule is CC(C)(C)c1ccc(C#N)c(Nc2ccccc2)n1. The van der Waals surface area contributed by atoms with Gasteiger partial charge in [0, 0.05) is 16.8 Å². The van der Waals surface area contributed by atoms with Crippen LogP contribution in [0.4, 0.5) is 11.5 Å². The summed E-state index contributed by atoms with van der Waals surface area (Å²) in [5, 5.41) is 12.4. The number of nitriles is 1. The van der Waals surface area contributed by atoms with Gasteiger partial charge in [0.25, 0.3) is 0 Å². The number of nitrogens with zero attached hydrogens (tertiary/aromatic N) is 2. The third-order valence-electron chi connectivity index (χ3n) is 2.82. The molecule has 1 aromatic carbocycles. The van der Waals surface area contributed by atoms with Crippen molar-refractivity contribution in [3.05, 3.63) is 53.7 Å². The predicted molar refractivity (Wildman–Crippen MR) is 77.4 cm³/mol. The molecule has 0 bridgehead atoms. The van der Waals surface area contributed by atoms with Gasteiger partial charge in [-0.15, -0.1) is 0 Å². The van der Waals surface area contributed by atoms with Crippen LogP contribution in [0.15, 0.2) is 42.5 Å². The molecule has 0 radical (unpaired) electrons. The van der Waals surface area contributed by atoms with Crippen LogP contribution < -0.4 is 5.32 Å². The molecule has 1 N–H and O–H groups in total. The predicted octanol–water partition coefficient (Wildman–Crippen LogP) is 3.99. The molecule has 0 saturated heterocycles. The van der Waals surface area contributed by atoms with Crippen molar-refractivity contribution < 1.29 is 0 Å². The van der Waals surface area contributed by atoms with E-state index in [0.29, 0.717) is 11.4 Å². The van der Waals surface area contributed by atoms with Crippen LogP contribution in [0.5, 0.6) is 0 Å². The van der Waals surface area contributed by atoms with E-state index in [1.165, 1.54) is 0 Å². The second kappa shape index (κ2) is 5.11. The van der Waals surface area contributed by atoms with Gasteiger partial charge in [-0.25, -0.2) is 4.98 Å². The van der Waals surface area contributed by atoms with Crippen LogP contribution in [-0.4, -0.2) is 4.98 Å². The fraction of sp³-hybridized carbons (Fsp3) is 0.250. The van der Waals surface area contributed by atoms with Crippen LogP contribution in [0.3, 0.4) is 0 Å². The summed E-state index contributed by atoms with van der Waals surface area (Å²) in [7, 11) is 0. The first kappa shape index (κ1) is 13.1. The number of aromatic nitrogens is 1. The molecule has 0 aliphatic heterocycles. The number of hydrogen-bond donors (Lipinski definition) is 1. The van der Waals surface area contributed by atoms with Gasteiger partial charge in [0.1, 0.15) is 11.9 Å². The van der Waals surface area contributed by atoms with E-state index < -0.39 is 0 Å². The molecule has 0 aliphatic carbocycles. The molecule has 3 nitrogen and oxygen atoms in total. The number of rotatable bonds is 2. The van der Waals surface area contributed by atoms with Crippen molar-refractivity contribution in [3.8, 4) is 6.07 Å². The van der Waals surface area contributed by atoms with Gasteiger partial charge in [-0.05, 0) is 24.3 Å². The Morgan fingerprint density at radius 3 is 2.32 bits per heavy atom. The standard InChI is InChI=1S/C16H17N3/c1-16(2,3)14-10-9-12(11-17)15(19-14)18-13-7-5-4-6-8-13/h4-10H,1-3H3,(H,18,19). The van der Waals surface area contributed by atoms with E-state index in [1.54, 1.807) is 0 Å². The second-order valence-electron chi connectivity index (χ2n) is 5.45. The number of nitrogens with one attached hydrogen (secondary N) is 1. The minimum Gasteiger partial charge on any atom is -0.339 e. The van der Waals surface area contributed by atoms with Crippen LogP contribution in [0.25, 0.3) is 0 Å². The molecular weight excluding hydrogens is 234 g/mol. The summed E-state index contributed by atoms with van der Waals surface area (Å²) in [4.78, 5) is 4.58. The van der Waals surface area contributed by atoms with E-state index in [-0.39, 0.29) is 5.41 Å². The van der Waals surface area contributed by atoms with Gasteiger partial charge < -0.3 is 5.32 Å². The molecule has 96 valence electrons. The Morgan fingerprint density at radius 1 is 1.05 bits per heavy atom. The molecule has 0 fully saturated rings. The first-order valence-corrected chi connectivity index (χ1v) is 6.24. The minimum absolute atomic E-state index is 0.0406. The zero-order valence-corrected chi connectivity index (χ0v) is 11.4. The Hall–Kier alpha value is -2.34. The Kier molecular flexibility index (Phi) is 3.52. The van der Waals surface area contributed by atoms with Crippen molar-refractivity contribution in [1.82, 2.24) is 4.98 Å². The molecule has 0 atom stereocenters. The molecule has 0 amide bonds. The lowest BCUT2D eigenvalue weighted by Gasteiger charge is -2.19. The highest BCUT2D eigenvalue weighted by atomic mass is 15.0. The Labute approximate surface area is 113 Å². The number of anilines is 2. The first-order chi connectivity index (χ1) is 9.00. The van der Waals surface area contributed by atoms with Gasteiger partial charge in [0.15, 0.2) is 0 Å². The average Bonchev–Trinajstić information content (AvgIpc) is 2.39. The van der Waals surface area contributed by atoms with E-state index in [0.717, 1.165) is 11.4 Å². The Morgan fingerprint density at radius 2 is 1.74 bits per heavy atom. The van der Waals surface area contributed by atoms with Crippen LogP contribution in [0.1, 0.15) is 32.0 Å². The third-order valence-corrected chi connectivity index (χ3v) is 2.82. The molecule has 1 heterocycles. The highest BCUT2D eigenvalue weighted by Crippen LogP contribution is 2.25. The normalized spacial score (nSPS) is 10.8. The van der Waals surface area contributed by atoms with Crippen molar-refractivity contribution in [2.75, 3.05) is 5.32 Å². The highest BCUT2D eigenvalue weighted by Gasteiger charge is 2.17. The summed E-state index contributed by atoms with van der Waals surface area (Å²) in [5.74, 6) is 0.612. The fourth-order valence-corrected chi connectivity index (χ4v) is 1.72. The Bertz CT molecular complexity index is 604. The van der Waals surface area contributed by atoms with Gasteiger partial charge in [-0.3, -0.25) is 0 Å². The zero-order valence-electron chi connectivity index (χ0n) is 11.4. The summed E-state index contributed by atoms with van der Waals surface area (Å²) < 4.78 is 0. The van der Waals surface area contributed by atoms with Crippen LogP contribution in [0.2, 0.25) is 0 Å². The van der Waals surface area contributed by atoms with Gasteiger partial charge in [0.05, 0.1) is 5.56 Å². The summed E-state index contributed by atoms with van der Waals surface area (Å²) in [5.41, 5.74) is 2.40. The van der Waals surface area contributed by atoms with E-state index in [4.69, 9.17) is 5.26 Å². The lowest BCUT2D eigenvalue weighted by Crippen LogP contribution is -2.14. The van der Waals surface area contributed by atoms with Crippen LogP contribution in [0, 0.1) is 11.3 Å². The van der Waals surface area contributed by atoms with E-state index in [1.807, 2.05) is 42.5 Å². The topological polar surface area (TPSA) is 48.7 Å². The maximum Gasteiger partial charge on any atom is 0.148 e. The summed E-state index contributed by atoms with van der Waals surface area (Å²) in [6.07, 6.45) is 0. The van der Waals surface area contributed by atoms with Crippen LogP contribution in [-0.2, 0) is 5.41 Å². The molecule has 19 heavy (non-hydrogen) atoms. The van der Waals surface area contributed by atoms with Crippen molar-refractivity contribution in [1.29, 1.82) is 5.26 Å². The fourth-order valence-electron chi connectivity index (χ4n) is 1.72. The van der Waals surface area contributed by atoms with E-state index >= 15 is 0 Å². The third kappa shape index (κ3) is 3.11. The van der Waals surface area contributed by atoms with Gasteiger partial charge in [-0.2, -0.15) is 5.26 Å². The van der Waals surface area contributed by atoms with Crippen molar-refractivity contribution in [3.63, 3.8) is 0 Å². The molecule has 0 saturated carbocycles. The number of para-hydroxylation sites is 1. The summed E-state index contributed by atoms with van der Waals surface area (Å²) in [6.45, 7) is 6.31. The first-order valence-electron chi connectivity index (χ1n) is 6.24. The lowest BCUT2D eigenvalue weighted by atomic mass is 9.91. The molecular formula is C16H17N3. The maximum absolute atomic E-state index is 9.16. The Balaban J connectivity index is 2.41. The molecule has 1 aromatic heterocycles. The summed E-state index contributed by atoms with van der Waals surface area (Å²) in [6, 6.07) is 15.6. The number of benzene rings is 1. The zero-order chi connectivity index (χ0) is 13.9. The maximum atomic E-state index is 9.16. The largest absolute Gasteiger partial charge is 0.339 e. The van der Waals surface area contributed by atoms with Crippen LogP contribution >= 0.6 is 0 Å². The molecule has 2 aromatic rings. The number of hydrogen-bond acceptors (Lipinski definition) is 3. The van der Waals surface area contributed by atoms with Gasteiger partial charge >= 0.3 is 0 Å². The quantitative estimate of drug-likeness (QED) is 0.877. The van der Waals surface area contributed by atoms with E-state index in [2.05, 4.69) is 37.1 Å². The summed E-state index contributed by atoms with van der Waals surface area (Å²) >= 11 is 0. The number of pyridine rings is 1. The van der Waals surface area contributed by atoms with Gasteiger partial charge in [-0.1, -0.05) is 39.0 Å². The molecule has 3 heteroatoms. The molecule has 0 unspecified atom stereocenters. The smallest absolute Gasteiger partial charge is 0.148 e. The van der Waals surface area contributed by atoms with Gasteiger partial charge in [0.2, 0.25) is 0 Å². The monoisotopic (exact) mass is 251 g/mol. The highest BCUT2D eigenvalue weighted by molar-refractivity contribution is 5.62. The average molecular weight is 251 g/mol. The van der Waals surface area contributed by atoms with Crippen molar-refractivity contribution in [2.45, 2.75) is 26.2 Å². The second-order valence-corrected chi connectivity index (χ2v) is 5.45. The minimum atomic E-state index is -0.0406. The molecule has 2 rings (SSSR count).